The maximum atomic E-state index is 15.5. The fraction of sp³-hybridized carbons (Fsp3) is 0.379. The highest BCUT2D eigenvalue weighted by atomic mass is 19.1. The van der Waals surface area contributed by atoms with Crippen molar-refractivity contribution in [2.75, 3.05) is 25.4 Å². The molecule has 2 aliphatic rings. The van der Waals surface area contributed by atoms with Crippen molar-refractivity contribution >= 4 is 16.9 Å². The van der Waals surface area contributed by atoms with Crippen LogP contribution in [0.5, 0.6) is 11.5 Å². The second-order valence-electron chi connectivity index (χ2n) is 10.3. The fourth-order valence-corrected chi connectivity index (χ4v) is 5.99. The molecular weight excluding hydrogens is 467 g/mol. The lowest BCUT2D eigenvalue weighted by Gasteiger charge is -2.41. The predicted octanol–water partition coefficient (Wildman–Crippen LogP) is 5.39. The van der Waals surface area contributed by atoms with E-state index in [-0.39, 0.29) is 5.82 Å². The Bertz CT molecular complexity index is 1380. The van der Waals surface area contributed by atoms with Crippen LogP contribution in [-0.4, -0.2) is 51.2 Å². The molecule has 7 nitrogen and oxygen atoms in total. The van der Waals surface area contributed by atoms with E-state index < -0.39 is 0 Å². The first kappa shape index (κ1) is 23.9. The molecule has 1 atom stereocenters. The highest BCUT2D eigenvalue weighted by Crippen LogP contribution is 2.40. The molecule has 3 N–H and O–H groups in total. The van der Waals surface area contributed by atoms with Crippen LogP contribution in [0.2, 0.25) is 0 Å². The molecule has 37 heavy (non-hydrogen) atoms. The van der Waals surface area contributed by atoms with Gasteiger partial charge in [-0.05, 0) is 56.9 Å². The minimum absolute atomic E-state index is 0.297. The number of nitrogens with two attached hydrogens (primary N) is 1. The number of fused-ring (bicyclic) bond motifs is 1. The van der Waals surface area contributed by atoms with Crippen molar-refractivity contribution < 1.29 is 9.13 Å². The predicted molar refractivity (Wildman–Crippen MR) is 144 cm³/mol. The van der Waals surface area contributed by atoms with Crippen LogP contribution < -0.4 is 15.8 Å². The Morgan fingerprint density at radius 3 is 2.51 bits per heavy atom. The summed E-state index contributed by atoms with van der Waals surface area (Å²) in [4.78, 5) is 11.5. The highest BCUT2D eigenvalue weighted by molar-refractivity contribution is 6.00. The van der Waals surface area contributed by atoms with Gasteiger partial charge in [-0.2, -0.15) is 0 Å². The lowest BCUT2D eigenvalue weighted by Crippen LogP contribution is -2.53. The molecule has 1 saturated carbocycles. The van der Waals surface area contributed by atoms with Gasteiger partial charge in [-0.25, -0.2) is 14.4 Å². The van der Waals surface area contributed by atoms with Gasteiger partial charge in [0.15, 0.2) is 0 Å². The number of aromatic nitrogens is 3. The van der Waals surface area contributed by atoms with Crippen LogP contribution in [0.15, 0.2) is 61.1 Å². The van der Waals surface area contributed by atoms with Gasteiger partial charge in [0, 0.05) is 61.1 Å². The summed E-state index contributed by atoms with van der Waals surface area (Å²) in [7, 11) is 0. The second-order valence-corrected chi connectivity index (χ2v) is 10.3. The molecule has 6 rings (SSSR count). The van der Waals surface area contributed by atoms with Gasteiger partial charge >= 0.3 is 0 Å². The smallest absolute Gasteiger partial charge is 0.146 e. The van der Waals surface area contributed by atoms with Crippen LogP contribution in [0.1, 0.15) is 38.6 Å². The Kier molecular flexibility index (Phi) is 6.52. The van der Waals surface area contributed by atoms with Crippen molar-refractivity contribution in [3.8, 4) is 22.6 Å². The van der Waals surface area contributed by atoms with Crippen LogP contribution >= 0.6 is 0 Å². The second kappa shape index (κ2) is 10.1. The van der Waals surface area contributed by atoms with Gasteiger partial charge in [-0.3, -0.25) is 4.90 Å². The van der Waals surface area contributed by atoms with E-state index in [0.717, 1.165) is 56.5 Å². The van der Waals surface area contributed by atoms with Gasteiger partial charge in [0.2, 0.25) is 0 Å². The Labute approximate surface area is 216 Å². The normalized spacial score (nSPS) is 22.8. The van der Waals surface area contributed by atoms with Crippen molar-refractivity contribution in [2.24, 2.45) is 0 Å². The average Bonchev–Trinajstić information content (AvgIpc) is 3.30. The molecule has 3 heterocycles. The van der Waals surface area contributed by atoms with Gasteiger partial charge < -0.3 is 20.4 Å². The number of anilines is 1. The Morgan fingerprint density at radius 1 is 0.973 bits per heavy atom. The summed E-state index contributed by atoms with van der Waals surface area (Å²) in [5.41, 5.74) is 8.28. The number of para-hydroxylation sites is 1. The largest absolute Gasteiger partial charge is 0.457 e. The van der Waals surface area contributed by atoms with Gasteiger partial charge in [0.1, 0.15) is 35.1 Å². The third-order valence-electron chi connectivity index (χ3n) is 7.82. The molecule has 1 saturated heterocycles. The minimum Gasteiger partial charge on any atom is -0.457 e. The molecule has 4 aromatic rings. The molecule has 0 spiro atoms. The molecule has 2 aromatic carbocycles. The van der Waals surface area contributed by atoms with Gasteiger partial charge in [0.25, 0.3) is 0 Å². The number of nitrogens with zero attached hydrogens (tertiary/aromatic N) is 4. The van der Waals surface area contributed by atoms with Crippen LogP contribution in [0, 0.1) is 5.82 Å². The molecule has 2 aromatic heterocycles. The number of hydrogen-bond acceptors (Lipinski definition) is 6. The van der Waals surface area contributed by atoms with Crippen molar-refractivity contribution in [1.82, 2.24) is 24.8 Å². The third-order valence-corrected chi connectivity index (χ3v) is 7.82. The molecule has 0 radical (unpaired) electrons. The van der Waals surface area contributed by atoms with Crippen LogP contribution in [0.4, 0.5) is 10.2 Å². The number of benzene rings is 2. The Balaban J connectivity index is 1.28. The fourth-order valence-electron chi connectivity index (χ4n) is 5.99. The first-order valence-corrected chi connectivity index (χ1v) is 13.2. The average molecular weight is 501 g/mol. The summed E-state index contributed by atoms with van der Waals surface area (Å²) in [6, 6.07) is 15.8. The monoisotopic (exact) mass is 500 g/mol. The zero-order chi connectivity index (χ0) is 25.4. The molecular formula is C29H33FN6O. The van der Waals surface area contributed by atoms with Gasteiger partial charge in [-0.15, -0.1) is 0 Å². The summed E-state index contributed by atoms with van der Waals surface area (Å²) in [5, 5.41) is 4.24. The topological polar surface area (TPSA) is 81.2 Å². The first-order valence-electron chi connectivity index (χ1n) is 13.2. The van der Waals surface area contributed by atoms with Crippen molar-refractivity contribution in [2.45, 2.75) is 50.7 Å². The van der Waals surface area contributed by atoms with E-state index in [0.29, 0.717) is 46.4 Å². The Morgan fingerprint density at radius 2 is 1.76 bits per heavy atom. The quantitative estimate of drug-likeness (QED) is 0.383. The summed E-state index contributed by atoms with van der Waals surface area (Å²) in [5.74, 6) is 1.11. The minimum atomic E-state index is -0.368. The third kappa shape index (κ3) is 4.79. The summed E-state index contributed by atoms with van der Waals surface area (Å²) < 4.78 is 23.5. The van der Waals surface area contributed by atoms with E-state index in [1.165, 1.54) is 12.4 Å². The SMILES string of the molecule is C[C@@H]1CN([C@H]2CC[C@@H](n3cc(-c4ccc(Oc5ccccc5)cc4F)c4c(N)ncnc43)CC2)CCN1. The number of hydrogen-bond donors (Lipinski definition) is 2. The van der Waals surface area contributed by atoms with Crippen molar-refractivity contribution in [3.63, 3.8) is 0 Å². The maximum Gasteiger partial charge on any atom is 0.146 e. The molecule has 0 amide bonds. The molecule has 1 aliphatic heterocycles. The summed E-state index contributed by atoms with van der Waals surface area (Å²) in [6.45, 7) is 5.54. The molecule has 0 unspecified atom stereocenters. The van der Waals surface area contributed by atoms with Crippen LogP contribution in [0.25, 0.3) is 22.2 Å². The molecule has 8 heteroatoms. The zero-order valence-electron chi connectivity index (χ0n) is 21.1. The number of halogens is 1. The Hall–Kier alpha value is -3.49. The molecule has 2 fully saturated rings. The van der Waals surface area contributed by atoms with E-state index >= 15 is 4.39 Å². The summed E-state index contributed by atoms with van der Waals surface area (Å²) >= 11 is 0. The lowest BCUT2D eigenvalue weighted by molar-refractivity contribution is 0.107. The van der Waals surface area contributed by atoms with Crippen LogP contribution in [0.3, 0.4) is 0 Å². The van der Waals surface area contributed by atoms with E-state index in [2.05, 4.69) is 31.7 Å². The van der Waals surface area contributed by atoms with E-state index in [4.69, 9.17) is 10.5 Å². The van der Waals surface area contributed by atoms with E-state index in [9.17, 15) is 0 Å². The van der Waals surface area contributed by atoms with Crippen molar-refractivity contribution in [3.05, 3.63) is 66.9 Å². The van der Waals surface area contributed by atoms with Gasteiger partial charge in [0.05, 0.1) is 5.39 Å². The number of nitrogens with one attached hydrogen (secondary N) is 1. The number of rotatable bonds is 5. The molecule has 192 valence electrons. The maximum absolute atomic E-state index is 15.5. The molecule has 0 bridgehead atoms. The zero-order valence-corrected chi connectivity index (χ0v) is 21.1. The number of nitrogen functional groups attached to an aromatic ring is 1. The van der Waals surface area contributed by atoms with E-state index in [1.54, 1.807) is 12.1 Å². The number of ether oxygens (including phenoxy) is 1. The van der Waals surface area contributed by atoms with Gasteiger partial charge in [-0.1, -0.05) is 18.2 Å². The molecule has 1 aliphatic carbocycles. The first-order chi connectivity index (χ1) is 18.1. The summed E-state index contributed by atoms with van der Waals surface area (Å²) in [6.07, 6.45) is 7.92. The standard InChI is InChI=1S/C29H33FN6O/c1-19-16-35(14-13-32-19)20-7-9-21(10-8-20)36-17-25(27-28(31)33-18-34-29(27)36)24-12-11-23(15-26(24)30)37-22-5-3-2-4-6-22/h2-6,11-12,15,17-21,32H,7-10,13-14,16H2,1H3,(H2,31,33,34)/t19-,20-,21+/m1/s1. The highest BCUT2D eigenvalue weighted by Gasteiger charge is 2.30. The van der Waals surface area contributed by atoms with Crippen molar-refractivity contribution in [1.29, 1.82) is 0 Å². The van der Waals surface area contributed by atoms with E-state index in [1.807, 2.05) is 36.5 Å². The number of piperazine rings is 1. The van der Waals surface area contributed by atoms with Crippen LogP contribution in [-0.2, 0) is 0 Å². The lowest BCUT2D eigenvalue weighted by atomic mass is 9.89.